The summed E-state index contributed by atoms with van der Waals surface area (Å²) in [5.41, 5.74) is 3.55. The van der Waals surface area contributed by atoms with Crippen LogP contribution in [0.4, 0.5) is 4.39 Å². The number of benzene rings is 3. The van der Waals surface area contributed by atoms with Crippen LogP contribution in [-0.4, -0.2) is 58.5 Å². The van der Waals surface area contributed by atoms with Gasteiger partial charge in [0.2, 0.25) is 5.91 Å². The van der Waals surface area contributed by atoms with Crippen molar-refractivity contribution in [1.82, 2.24) is 9.80 Å². The summed E-state index contributed by atoms with van der Waals surface area (Å²) >= 11 is 0. The highest BCUT2D eigenvalue weighted by Gasteiger charge is 2.54. The molecule has 0 aliphatic carbocycles. The van der Waals surface area contributed by atoms with Crippen molar-refractivity contribution < 1.29 is 19.1 Å². The molecule has 2 aliphatic rings. The second-order valence-electron chi connectivity index (χ2n) is 8.75. The van der Waals surface area contributed by atoms with Gasteiger partial charge in [0.15, 0.2) is 0 Å². The molecule has 34 heavy (non-hydrogen) atoms. The summed E-state index contributed by atoms with van der Waals surface area (Å²) in [6.07, 6.45) is 4.10. The van der Waals surface area contributed by atoms with E-state index in [4.69, 9.17) is 0 Å². The number of hydrogen-bond acceptors (Lipinski definition) is 3. The number of nitrogens with zero attached hydrogens (tertiary/aromatic N) is 2. The van der Waals surface area contributed by atoms with Crippen molar-refractivity contribution in [3.63, 3.8) is 0 Å². The number of aliphatic hydroxyl groups is 1. The summed E-state index contributed by atoms with van der Waals surface area (Å²) in [7, 11) is 0. The van der Waals surface area contributed by atoms with E-state index in [0.717, 1.165) is 16.7 Å². The van der Waals surface area contributed by atoms with Crippen LogP contribution in [0.3, 0.4) is 0 Å². The highest BCUT2D eigenvalue weighted by Crippen LogP contribution is 2.43. The van der Waals surface area contributed by atoms with Gasteiger partial charge in [0, 0.05) is 18.0 Å². The van der Waals surface area contributed by atoms with Crippen LogP contribution in [0, 0.1) is 5.82 Å². The van der Waals surface area contributed by atoms with Crippen molar-refractivity contribution in [3.05, 3.63) is 107 Å². The van der Waals surface area contributed by atoms with Gasteiger partial charge in [0.05, 0.1) is 18.7 Å². The van der Waals surface area contributed by atoms with Crippen molar-refractivity contribution in [2.75, 3.05) is 19.7 Å². The molecule has 0 spiro atoms. The Morgan fingerprint density at radius 3 is 2.24 bits per heavy atom. The fourth-order valence-electron chi connectivity index (χ4n) is 5.02. The van der Waals surface area contributed by atoms with Gasteiger partial charge in [-0.1, -0.05) is 66.7 Å². The van der Waals surface area contributed by atoms with Crippen molar-refractivity contribution in [3.8, 4) is 0 Å². The summed E-state index contributed by atoms with van der Waals surface area (Å²) in [6.45, 7) is 0.201. The fraction of sp³-hybridized carbons (Fsp3) is 0.214. The number of piperazine rings is 1. The number of aliphatic hydroxyl groups excluding tert-OH is 1. The molecule has 3 aromatic carbocycles. The Kier molecular flexibility index (Phi) is 5.99. The third-order valence-electron chi connectivity index (χ3n) is 6.72. The van der Waals surface area contributed by atoms with Crippen molar-refractivity contribution in [1.29, 1.82) is 0 Å². The van der Waals surface area contributed by atoms with Crippen molar-refractivity contribution in [2.24, 2.45) is 0 Å². The van der Waals surface area contributed by atoms with Gasteiger partial charge in [-0.3, -0.25) is 9.59 Å². The van der Waals surface area contributed by atoms with Gasteiger partial charge in [-0.25, -0.2) is 4.39 Å². The largest absolute Gasteiger partial charge is 0.394 e. The molecule has 0 bridgehead atoms. The van der Waals surface area contributed by atoms with E-state index in [1.54, 1.807) is 4.90 Å². The van der Waals surface area contributed by atoms with Gasteiger partial charge in [-0.15, -0.1) is 0 Å². The molecule has 2 fully saturated rings. The molecule has 0 unspecified atom stereocenters. The highest BCUT2D eigenvalue weighted by atomic mass is 19.1. The first kappa shape index (κ1) is 22.0. The van der Waals surface area contributed by atoms with Gasteiger partial charge < -0.3 is 14.9 Å². The second-order valence-corrected chi connectivity index (χ2v) is 8.75. The molecule has 172 valence electrons. The molecule has 6 heteroatoms. The molecule has 1 N–H and O–H groups in total. The molecule has 2 amide bonds. The normalized spacial score (nSPS) is 21.9. The molecule has 5 nitrogen and oxygen atoms in total. The van der Waals surface area contributed by atoms with Gasteiger partial charge in [0.1, 0.15) is 12.4 Å². The minimum absolute atomic E-state index is 0.0425. The average Bonchev–Trinajstić information content (AvgIpc) is 2.85. The first-order valence-electron chi connectivity index (χ1n) is 11.3. The Morgan fingerprint density at radius 1 is 0.941 bits per heavy atom. The lowest BCUT2D eigenvalue weighted by Crippen LogP contribution is -2.73. The smallest absolute Gasteiger partial charge is 0.254 e. The number of carbonyl (C=O) groups is 2. The maximum atomic E-state index is 13.2. The first-order chi connectivity index (χ1) is 16.5. The van der Waals surface area contributed by atoms with E-state index in [0.29, 0.717) is 12.1 Å². The van der Waals surface area contributed by atoms with Crippen LogP contribution in [0.1, 0.15) is 33.0 Å². The number of fused-ring (bicyclic) bond motifs is 1. The molecule has 2 aliphatic heterocycles. The molecule has 2 heterocycles. The summed E-state index contributed by atoms with van der Waals surface area (Å²) < 4.78 is 13.2. The van der Waals surface area contributed by atoms with Crippen LogP contribution in [0.5, 0.6) is 0 Å². The Bertz CT molecular complexity index is 1210. The van der Waals surface area contributed by atoms with E-state index >= 15 is 0 Å². The Hall–Kier alpha value is -3.77. The SMILES string of the molecule is O=C(c1ccc(F)cc1)N1CC(=O)N2[C@H](CO)[C@H](c3ccc(/C=C/c4ccccc4)cc3)[C@@H]2C1. The summed E-state index contributed by atoms with van der Waals surface area (Å²) in [6, 6.07) is 23.0. The lowest BCUT2D eigenvalue weighted by Gasteiger charge is -2.58. The molecule has 0 aromatic heterocycles. The first-order valence-corrected chi connectivity index (χ1v) is 11.3. The molecular weight excluding hydrogens is 431 g/mol. The second kappa shape index (κ2) is 9.23. The predicted molar refractivity (Wildman–Crippen MR) is 128 cm³/mol. The third-order valence-corrected chi connectivity index (χ3v) is 6.72. The molecule has 0 saturated carbocycles. The molecule has 3 atom stereocenters. The molecule has 2 saturated heterocycles. The summed E-state index contributed by atoms with van der Waals surface area (Å²) in [4.78, 5) is 29.0. The lowest BCUT2D eigenvalue weighted by atomic mass is 9.73. The van der Waals surface area contributed by atoms with E-state index in [9.17, 15) is 19.1 Å². The predicted octanol–water partition coefficient (Wildman–Crippen LogP) is 3.81. The zero-order valence-electron chi connectivity index (χ0n) is 18.5. The zero-order chi connectivity index (χ0) is 23.7. The Morgan fingerprint density at radius 2 is 1.59 bits per heavy atom. The number of amides is 2. The number of rotatable bonds is 5. The molecular formula is C28H25FN2O3. The van der Waals surface area contributed by atoms with E-state index in [-0.39, 0.29) is 43.0 Å². The molecule has 5 rings (SSSR count). The van der Waals surface area contributed by atoms with E-state index in [1.807, 2.05) is 60.7 Å². The number of hydrogen-bond donors (Lipinski definition) is 1. The van der Waals surface area contributed by atoms with Crippen LogP contribution in [0.15, 0.2) is 78.9 Å². The number of carbonyl (C=O) groups excluding carboxylic acids is 2. The Labute approximate surface area is 197 Å². The average molecular weight is 457 g/mol. The van der Waals surface area contributed by atoms with Crippen LogP contribution in [0.2, 0.25) is 0 Å². The topological polar surface area (TPSA) is 60.9 Å². The van der Waals surface area contributed by atoms with Gasteiger partial charge >= 0.3 is 0 Å². The summed E-state index contributed by atoms with van der Waals surface area (Å²) in [5, 5.41) is 10.00. The minimum atomic E-state index is -0.413. The number of halogens is 1. The Balaban J connectivity index is 1.33. The maximum absolute atomic E-state index is 13.2. The minimum Gasteiger partial charge on any atom is -0.394 e. The third kappa shape index (κ3) is 4.13. The monoisotopic (exact) mass is 456 g/mol. The van der Waals surface area contributed by atoms with Gasteiger partial charge in [0.25, 0.3) is 5.91 Å². The van der Waals surface area contributed by atoms with Gasteiger partial charge in [-0.05, 0) is 41.0 Å². The zero-order valence-corrected chi connectivity index (χ0v) is 18.5. The van der Waals surface area contributed by atoms with Crippen LogP contribution in [-0.2, 0) is 4.79 Å². The van der Waals surface area contributed by atoms with Crippen LogP contribution in [0.25, 0.3) is 12.2 Å². The lowest BCUT2D eigenvalue weighted by molar-refractivity contribution is -0.159. The van der Waals surface area contributed by atoms with E-state index < -0.39 is 5.82 Å². The van der Waals surface area contributed by atoms with E-state index in [2.05, 4.69) is 6.08 Å². The maximum Gasteiger partial charge on any atom is 0.254 e. The highest BCUT2D eigenvalue weighted by molar-refractivity contribution is 5.97. The fourth-order valence-corrected chi connectivity index (χ4v) is 5.02. The van der Waals surface area contributed by atoms with Crippen LogP contribution < -0.4 is 0 Å². The van der Waals surface area contributed by atoms with Gasteiger partial charge in [-0.2, -0.15) is 0 Å². The van der Waals surface area contributed by atoms with Crippen LogP contribution >= 0.6 is 0 Å². The summed E-state index contributed by atoms with van der Waals surface area (Å²) in [5.74, 6) is -0.945. The molecule has 0 radical (unpaired) electrons. The van der Waals surface area contributed by atoms with E-state index in [1.165, 1.54) is 29.2 Å². The molecule has 3 aromatic rings. The van der Waals surface area contributed by atoms with Crippen molar-refractivity contribution in [2.45, 2.75) is 18.0 Å². The van der Waals surface area contributed by atoms with Crippen molar-refractivity contribution >= 4 is 24.0 Å². The quantitative estimate of drug-likeness (QED) is 0.594. The standard InChI is InChI=1S/C28H25FN2O3/c29-23-14-12-22(13-15-23)28(34)30-16-24-27(25(18-32)31(24)26(33)17-30)21-10-8-20(9-11-21)7-6-19-4-2-1-3-5-19/h1-15,24-25,27,32H,16-18H2/b7-6+/t24-,25+,27+/m0/s1.